The van der Waals surface area contributed by atoms with Crippen molar-refractivity contribution in [2.75, 3.05) is 6.26 Å². The highest BCUT2D eigenvalue weighted by molar-refractivity contribution is 7.98. The maximum atomic E-state index is 4.21. The van der Waals surface area contributed by atoms with E-state index in [1.807, 2.05) is 6.92 Å². The normalized spacial score (nSPS) is 11.4. The maximum absolute atomic E-state index is 4.21. The van der Waals surface area contributed by atoms with Gasteiger partial charge in [-0.2, -0.15) is 0 Å². The van der Waals surface area contributed by atoms with Crippen molar-refractivity contribution >= 4 is 29.5 Å². The van der Waals surface area contributed by atoms with Gasteiger partial charge in [0.2, 0.25) is 0 Å². The lowest BCUT2D eigenvalue weighted by Gasteiger charge is -2.07. The van der Waals surface area contributed by atoms with E-state index in [1.165, 1.54) is 27.1 Å². The first-order valence-electron chi connectivity index (χ1n) is 7.39. The lowest BCUT2D eigenvalue weighted by Crippen LogP contribution is -1.85. The van der Waals surface area contributed by atoms with Crippen molar-refractivity contribution < 1.29 is 0 Å². The average Bonchev–Trinajstić information content (AvgIpc) is 2.54. The molecular formula is C21H22S. The molecule has 0 spiro atoms. The van der Waals surface area contributed by atoms with E-state index in [9.17, 15) is 0 Å². The smallest absolute Gasteiger partial charge is 0.0147 e. The average molecular weight is 306 g/mol. The number of benzene rings is 2. The van der Waals surface area contributed by atoms with E-state index in [2.05, 4.69) is 86.5 Å². The van der Waals surface area contributed by atoms with E-state index in [0.29, 0.717) is 0 Å². The van der Waals surface area contributed by atoms with Gasteiger partial charge in [-0.05, 0) is 54.0 Å². The Morgan fingerprint density at radius 3 is 2.55 bits per heavy atom. The second-order valence-corrected chi connectivity index (χ2v) is 6.02. The fourth-order valence-electron chi connectivity index (χ4n) is 2.37. The monoisotopic (exact) mass is 306 g/mol. The van der Waals surface area contributed by atoms with Crippen molar-refractivity contribution in [3.8, 4) is 0 Å². The quantitative estimate of drug-likeness (QED) is 0.450. The van der Waals surface area contributed by atoms with Crippen molar-refractivity contribution in [2.24, 2.45) is 0 Å². The first kappa shape index (κ1) is 16.4. The minimum Gasteiger partial charge on any atom is -0.129 e. The summed E-state index contributed by atoms with van der Waals surface area (Å²) in [5.74, 6) is 0. The molecule has 0 radical (unpaired) electrons. The highest BCUT2D eigenvalue weighted by atomic mass is 32.2. The Hall–Kier alpha value is -1.99. The standard InChI is InChI=1S/C21H22S/c1-5-8-18-12-14-19(17(3)15-18)13-11-16(2)20-9-6-7-10-21(20)22-4/h5-15H,2H2,1,3-4H3/b8-5+,13-11+. The van der Waals surface area contributed by atoms with Crippen molar-refractivity contribution in [3.63, 3.8) is 0 Å². The van der Waals surface area contributed by atoms with Crippen LogP contribution in [0.1, 0.15) is 29.2 Å². The number of allylic oxidation sites excluding steroid dienone is 3. The molecule has 0 amide bonds. The van der Waals surface area contributed by atoms with E-state index in [1.54, 1.807) is 11.8 Å². The summed E-state index contributed by atoms with van der Waals surface area (Å²) in [5, 5.41) is 0. The van der Waals surface area contributed by atoms with Crippen LogP contribution in [-0.2, 0) is 0 Å². The number of hydrogen-bond donors (Lipinski definition) is 0. The summed E-state index contributed by atoms with van der Waals surface area (Å²) in [6.07, 6.45) is 10.5. The van der Waals surface area contributed by atoms with E-state index in [4.69, 9.17) is 0 Å². The minimum absolute atomic E-state index is 1.04. The Balaban J connectivity index is 2.23. The van der Waals surface area contributed by atoms with E-state index in [-0.39, 0.29) is 0 Å². The van der Waals surface area contributed by atoms with Crippen LogP contribution in [0.2, 0.25) is 0 Å². The molecule has 0 aliphatic rings. The van der Waals surface area contributed by atoms with Crippen LogP contribution in [0.15, 0.2) is 66.1 Å². The molecule has 0 aliphatic heterocycles. The van der Waals surface area contributed by atoms with Crippen LogP contribution >= 0.6 is 11.8 Å². The summed E-state index contributed by atoms with van der Waals surface area (Å²) in [4.78, 5) is 1.26. The van der Waals surface area contributed by atoms with Crippen molar-refractivity contribution in [1.82, 2.24) is 0 Å². The zero-order chi connectivity index (χ0) is 15.9. The van der Waals surface area contributed by atoms with Crippen molar-refractivity contribution in [3.05, 3.63) is 83.4 Å². The molecule has 0 saturated carbocycles. The SMILES string of the molecule is C=C(/C=C/c1ccc(/C=C/C)cc1C)c1ccccc1SC. The molecule has 2 aromatic carbocycles. The zero-order valence-corrected chi connectivity index (χ0v) is 14.3. The molecule has 22 heavy (non-hydrogen) atoms. The summed E-state index contributed by atoms with van der Waals surface area (Å²) in [6.45, 7) is 8.40. The predicted molar refractivity (Wildman–Crippen MR) is 102 cm³/mol. The number of aryl methyl sites for hydroxylation is 1. The lowest BCUT2D eigenvalue weighted by molar-refractivity contribution is 1.41. The van der Waals surface area contributed by atoms with Crippen LogP contribution in [0.25, 0.3) is 17.7 Å². The minimum atomic E-state index is 1.04. The Labute approximate surface area is 138 Å². The Morgan fingerprint density at radius 2 is 1.86 bits per heavy atom. The molecule has 2 aromatic rings. The highest BCUT2D eigenvalue weighted by Gasteiger charge is 2.02. The fourth-order valence-corrected chi connectivity index (χ4v) is 3.01. The molecule has 112 valence electrons. The number of rotatable bonds is 5. The van der Waals surface area contributed by atoms with Gasteiger partial charge in [-0.15, -0.1) is 11.8 Å². The molecule has 0 unspecified atom stereocenters. The first-order chi connectivity index (χ1) is 10.7. The van der Waals surface area contributed by atoms with Gasteiger partial charge >= 0.3 is 0 Å². The van der Waals surface area contributed by atoms with Gasteiger partial charge in [0.05, 0.1) is 0 Å². The molecule has 2 rings (SSSR count). The van der Waals surface area contributed by atoms with Crippen molar-refractivity contribution in [2.45, 2.75) is 18.7 Å². The van der Waals surface area contributed by atoms with Crippen molar-refractivity contribution in [1.29, 1.82) is 0 Å². The third kappa shape index (κ3) is 4.02. The Morgan fingerprint density at radius 1 is 1.09 bits per heavy atom. The molecule has 0 aliphatic carbocycles. The van der Waals surface area contributed by atoms with Crippen LogP contribution in [0, 0.1) is 6.92 Å². The van der Waals surface area contributed by atoms with E-state index in [0.717, 1.165) is 5.57 Å². The first-order valence-corrected chi connectivity index (χ1v) is 8.62. The van der Waals surface area contributed by atoms with Gasteiger partial charge in [0.15, 0.2) is 0 Å². The van der Waals surface area contributed by atoms with Gasteiger partial charge in [0.25, 0.3) is 0 Å². The lowest BCUT2D eigenvalue weighted by atomic mass is 10.0. The molecule has 0 saturated heterocycles. The van der Waals surface area contributed by atoms with Gasteiger partial charge < -0.3 is 0 Å². The molecule has 0 N–H and O–H groups in total. The fraction of sp³-hybridized carbons (Fsp3) is 0.143. The predicted octanol–water partition coefficient (Wildman–Crippen LogP) is 6.48. The van der Waals surface area contributed by atoms with Gasteiger partial charge in [0.1, 0.15) is 0 Å². The third-order valence-corrected chi connectivity index (χ3v) is 4.37. The summed E-state index contributed by atoms with van der Waals surface area (Å²) in [5.41, 5.74) is 5.99. The molecule has 0 nitrogen and oxygen atoms in total. The molecule has 1 heteroatoms. The summed E-state index contributed by atoms with van der Waals surface area (Å²) in [6, 6.07) is 14.9. The topological polar surface area (TPSA) is 0 Å². The van der Waals surface area contributed by atoms with E-state index < -0.39 is 0 Å². The highest BCUT2D eigenvalue weighted by Crippen LogP contribution is 2.27. The van der Waals surface area contributed by atoms with Gasteiger partial charge in [-0.25, -0.2) is 0 Å². The molecular weight excluding hydrogens is 284 g/mol. The maximum Gasteiger partial charge on any atom is 0.0147 e. The molecule has 0 aromatic heterocycles. The van der Waals surface area contributed by atoms with Crippen LogP contribution in [0.3, 0.4) is 0 Å². The summed E-state index contributed by atoms with van der Waals surface area (Å²) >= 11 is 1.75. The van der Waals surface area contributed by atoms with Gasteiger partial charge in [-0.3, -0.25) is 0 Å². The second kappa shape index (κ2) is 7.86. The van der Waals surface area contributed by atoms with E-state index >= 15 is 0 Å². The molecule has 0 fully saturated rings. The summed E-state index contributed by atoms with van der Waals surface area (Å²) < 4.78 is 0. The third-order valence-electron chi connectivity index (χ3n) is 3.57. The molecule has 0 bridgehead atoms. The number of thioether (sulfide) groups is 1. The van der Waals surface area contributed by atoms with Gasteiger partial charge in [0, 0.05) is 4.90 Å². The summed E-state index contributed by atoms with van der Waals surface area (Å²) in [7, 11) is 0. The largest absolute Gasteiger partial charge is 0.129 e. The van der Waals surface area contributed by atoms with Crippen LogP contribution in [0.4, 0.5) is 0 Å². The van der Waals surface area contributed by atoms with Crippen LogP contribution < -0.4 is 0 Å². The molecule has 0 atom stereocenters. The van der Waals surface area contributed by atoms with Gasteiger partial charge in [-0.1, -0.05) is 67.3 Å². The molecule has 0 heterocycles. The van der Waals surface area contributed by atoms with Crippen LogP contribution in [-0.4, -0.2) is 6.26 Å². The Bertz CT molecular complexity index is 720. The van der Waals surface area contributed by atoms with Crippen LogP contribution in [0.5, 0.6) is 0 Å². The number of hydrogen-bond acceptors (Lipinski definition) is 1. The zero-order valence-electron chi connectivity index (χ0n) is 13.5. The Kier molecular flexibility index (Phi) is 5.85. The second-order valence-electron chi connectivity index (χ2n) is 5.17.